The summed E-state index contributed by atoms with van der Waals surface area (Å²) in [5, 5.41) is 37.0. The highest BCUT2D eigenvalue weighted by atomic mass is 19.1. The minimum absolute atomic E-state index is 0.0390. The number of phenolic OH excluding ortho intramolecular Hbond substituents is 2. The summed E-state index contributed by atoms with van der Waals surface area (Å²) >= 11 is 0. The van der Waals surface area contributed by atoms with E-state index in [2.05, 4.69) is 16.3 Å². The van der Waals surface area contributed by atoms with Gasteiger partial charge in [0.1, 0.15) is 34.7 Å². The van der Waals surface area contributed by atoms with Crippen molar-refractivity contribution in [3.63, 3.8) is 0 Å². The van der Waals surface area contributed by atoms with E-state index in [9.17, 15) is 29.1 Å². The number of piperazine rings is 1. The molecular formula is C35H38F2N4O7. The number of phenols is 2. The summed E-state index contributed by atoms with van der Waals surface area (Å²) in [6.07, 6.45) is 0.602. The number of ether oxygens (including phenoxy) is 4. The van der Waals surface area contributed by atoms with Crippen LogP contribution < -0.4 is 24.3 Å². The van der Waals surface area contributed by atoms with Gasteiger partial charge in [-0.1, -0.05) is 6.07 Å². The standard InChI is InChI=1S/C35H38F2N4O7/c1-15-31(45-4)17-12-22-28-26-18(32(46-5)16(2)34(48-7)30(26)43)11-21(40(28)3)23(13-38)41(22)24(25(17)29(42)33(15)47-6)14-39-35(44)27-19(36)9-8-10-20(27)37/h8-10,21-24,28,42-43H,11-12,14H2,1-7H3,(H,39,44)/t21-,22-,23-,24-,28-/m0/s1. The zero-order chi connectivity index (χ0) is 34.8. The van der Waals surface area contributed by atoms with E-state index >= 15 is 0 Å². The number of benzene rings is 3. The molecular weight excluding hydrogens is 626 g/mol. The first-order valence-corrected chi connectivity index (χ1v) is 15.5. The van der Waals surface area contributed by atoms with Gasteiger partial charge >= 0.3 is 0 Å². The van der Waals surface area contributed by atoms with Crippen LogP contribution in [0.1, 0.15) is 55.8 Å². The number of carbonyl (C=O) groups is 1. The molecule has 0 aromatic heterocycles. The van der Waals surface area contributed by atoms with Crippen molar-refractivity contribution in [2.45, 2.75) is 56.9 Å². The van der Waals surface area contributed by atoms with Crippen LogP contribution in [-0.2, 0) is 12.8 Å². The number of carbonyl (C=O) groups excluding carboxylic acids is 1. The normalized spacial score (nSPS) is 22.9. The molecule has 1 amide bonds. The van der Waals surface area contributed by atoms with Crippen LogP contribution in [0.4, 0.5) is 8.78 Å². The van der Waals surface area contributed by atoms with Gasteiger partial charge < -0.3 is 34.5 Å². The molecule has 0 saturated carbocycles. The SMILES string of the molecule is COc1c(C)c(OC)c2c(c1O)[C@@H]1[C@@H]3Cc4c(OC)c(C)c(OC)c(O)c4[C@H](CNC(=O)c4c(F)cccc4F)N3[C@@H](C#N)[C@H](C2)N1C. The van der Waals surface area contributed by atoms with Gasteiger partial charge in [0.15, 0.2) is 23.0 Å². The molecule has 3 N–H and O–H groups in total. The Labute approximate surface area is 277 Å². The number of nitriles is 1. The van der Waals surface area contributed by atoms with Crippen molar-refractivity contribution in [1.29, 1.82) is 5.26 Å². The number of rotatable bonds is 7. The number of likely N-dealkylation sites (N-methyl/N-ethyl adjacent to an activating group) is 1. The molecule has 254 valence electrons. The summed E-state index contributed by atoms with van der Waals surface area (Å²) in [7, 11) is 7.85. The molecule has 3 aliphatic rings. The number of aromatic hydroxyl groups is 2. The maximum atomic E-state index is 14.6. The summed E-state index contributed by atoms with van der Waals surface area (Å²) in [5.41, 5.74) is 2.78. The Morgan fingerprint density at radius 1 is 0.896 bits per heavy atom. The average Bonchev–Trinajstić information content (AvgIpc) is 3.04. The number of methoxy groups -OCH3 is 4. The van der Waals surface area contributed by atoms with E-state index in [1.165, 1.54) is 27.4 Å². The first-order chi connectivity index (χ1) is 23.0. The predicted molar refractivity (Wildman–Crippen MR) is 170 cm³/mol. The highest BCUT2D eigenvalue weighted by Crippen LogP contribution is 2.58. The topological polar surface area (TPSA) is 137 Å². The van der Waals surface area contributed by atoms with Gasteiger partial charge in [0.25, 0.3) is 5.91 Å². The van der Waals surface area contributed by atoms with E-state index < -0.39 is 53.3 Å². The first-order valence-electron chi connectivity index (χ1n) is 15.5. The zero-order valence-corrected chi connectivity index (χ0v) is 27.8. The number of hydrogen-bond acceptors (Lipinski definition) is 10. The molecule has 3 aromatic rings. The van der Waals surface area contributed by atoms with Crippen molar-refractivity contribution in [2.24, 2.45) is 0 Å². The second-order valence-electron chi connectivity index (χ2n) is 12.4. The lowest BCUT2D eigenvalue weighted by Crippen LogP contribution is -2.68. The van der Waals surface area contributed by atoms with Crippen molar-refractivity contribution >= 4 is 5.91 Å². The van der Waals surface area contributed by atoms with Crippen LogP contribution in [0.2, 0.25) is 0 Å². The average molecular weight is 665 g/mol. The fourth-order valence-corrected chi connectivity index (χ4v) is 8.41. The van der Waals surface area contributed by atoms with Crippen LogP contribution in [0, 0.1) is 36.8 Å². The minimum atomic E-state index is -1.02. The van der Waals surface area contributed by atoms with Gasteiger partial charge in [0, 0.05) is 52.0 Å². The molecule has 5 atom stereocenters. The second-order valence-corrected chi connectivity index (χ2v) is 12.4. The van der Waals surface area contributed by atoms with Crippen molar-refractivity contribution in [3.8, 4) is 40.6 Å². The lowest BCUT2D eigenvalue weighted by molar-refractivity contribution is -0.0724. The quantitative estimate of drug-likeness (QED) is 0.337. The number of fused-ring (bicyclic) bond motifs is 7. The van der Waals surface area contributed by atoms with E-state index in [4.69, 9.17) is 18.9 Å². The van der Waals surface area contributed by atoms with Gasteiger partial charge in [-0.3, -0.25) is 14.6 Å². The Kier molecular flexibility index (Phi) is 8.51. The molecule has 0 spiro atoms. The minimum Gasteiger partial charge on any atom is -0.504 e. The molecule has 1 saturated heterocycles. The zero-order valence-electron chi connectivity index (χ0n) is 27.8. The van der Waals surface area contributed by atoms with Crippen LogP contribution >= 0.6 is 0 Å². The molecule has 1 fully saturated rings. The van der Waals surface area contributed by atoms with Crippen molar-refractivity contribution in [1.82, 2.24) is 15.1 Å². The highest BCUT2D eigenvalue weighted by Gasteiger charge is 2.57. The molecule has 0 radical (unpaired) electrons. The van der Waals surface area contributed by atoms with E-state index in [0.717, 1.165) is 17.7 Å². The predicted octanol–water partition coefficient (Wildman–Crippen LogP) is 4.23. The van der Waals surface area contributed by atoms with E-state index in [0.29, 0.717) is 45.7 Å². The summed E-state index contributed by atoms with van der Waals surface area (Å²) in [5.74, 6) is -1.81. The van der Waals surface area contributed by atoms with Gasteiger partial charge in [-0.05, 0) is 45.9 Å². The molecule has 3 heterocycles. The number of nitrogens with one attached hydrogen (secondary N) is 1. The summed E-state index contributed by atoms with van der Waals surface area (Å²) in [6.45, 7) is 3.32. The summed E-state index contributed by atoms with van der Waals surface area (Å²) in [6, 6.07) is 2.49. The molecule has 11 nitrogen and oxygen atoms in total. The highest BCUT2D eigenvalue weighted by molar-refractivity contribution is 5.94. The third-order valence-corrected chi connectivity index (χ3v) is 10.3. The Morgan fingerprint density at radius 3 is 1.92 bits per heavy atom. The fraction of sp³-hybridized carbons (Fsp3) is 0.429. The molecule has 3 aliphatic heterocycles. The van der Waals surface area contributed by atoms with Crippen LogP contribution in [-0.4, -0.2) is 86.1 Å². The Balaban J connectivity index is 1.59. The second kappa shape index (κ2) is 12.3. The lowest BCUT2D eigenvalue weighted by Gasteiger charge is -2.60. The molecule has 2 bridgehead atoms. The molecule has 0 aliphatic carbocycles. The number of nitrogens with zero attached hydrogens (tertiary/aromatic N) is 3. The molecule has 48 heavy (non-hydrogen) atoms. The summed E-state index contributed by atoms with van der Waals surface area (Å²) in [4.78, 5) is 17.3. The van der Waals surface area contributed by atoms with Crippen LogP contribution in [0.25, 0.3) is 0 Å². The first kappa shape index (κ1) is 33.1. The fourth-order valence-electron chi connectivity index (χ4n) is 8.41. The van der Waals surface area contributed by atoms with Gasteiger partial charge in [0.05, 0.1) is 46.6 Å². The number of amides is 1. The number of halogens is 2. The monoisotopic (exact) mass is 664 g/mol. The van der Waals surface area contributed by atoms with Crippen molar-refractivity contribution in [3.05, 3.63) is 68.8 Å². The Morgan fingerprint density at radius 2 is 1.40 bits per heavy atom. The summed E-state index contributed by atoms with van der Waals surface area (Å²) < 4.78 is 52.3. The van der Waals surface area contributed by atoms with Crippen LogP contribution in [0.5, 0.6) is 34.5 Å². The van der Waals surface area contributed by atoms with Crippen LogP contribution in [0.3, 0.4) is 0 Å². The van der Waals surface area contributed by atoms with Gasteiger partial charge in [-0.15, -0.1) is 0 Å². The third kappa shape index (κ3) is 4.61. The molecule has 3 aromatic carbocycles. The number of hydrogen-bond donors (Lipinski definition) is 3. The van der Waals surface area contributed by atoms with E-state index in [-0.39, 0.29) is 36.0 Å². The van der Waals surface area contributed by atoms with Gasteiger partial charge in [-0.2, -0.15) is 5.26 Å². The Hall–Kier alpha value is -4.80. The van der Waals surface area contributed by atoms with Gasteiger partial charge in [-0.25, -0.2) is 8.78 Å². The largest absolute Gasteiger partial charge is 0.504 e. The third-order valence-electron chi connectivity index (χ3n) is 10.3. The molecule has 6 rings (SSSR count). The lowest BCUT2D eigenvalue weighted by atomic mass is 9.71. The van der Waals surface area contributed by atoms with Crippen LogP contribution in [0.15, 0.2) is 18.2 Å². The maximum Gasteiger partial charge on any atom is 0.257 e. The molecule has 13 heteroatoms. The van der Waals surface area contributed by atoms with Gasteiger partial charge in [0.2, 0.25) is 0 Å². The Bertz CT molecular complexity index is 1840. The van der Waals surface area contributed by atoms with E-state index in [1.54, 1.807) is 21.0 Å². The van der Waals surface area contributed by atoms with E-state index in [1.807, 2.05) is 11.9 Å². The molecule has 0 unspecified atom stereocenters. The van der Waals surface area contributed by atoms with Crippen molar-refractivity contribution < 1.29 is 42.7 Å². The maximum absolute atomic E-state index is 14.6. The van der Waals surface area contributed by atoms with Crippen molar-refractivity contribution in [2.75, 3.05) is 42.0 Å². The smallest absolute Gasteiger partial charge is 0.257 e.